The van der Waals surface area contributed by atoms with Gasteiger partial charge in [-0.3, -0.25) is 23.9 Å². The molecule has 2 heterocycles. The van der Waals surface area contributed by atoms with E-state index in [9.17, 15) is 37.5 Å². The molecule has 2 unspecified atom stereocenters. The lowest BCUT2D eigenvalue weighted by atomic mass is 10.0. The van der Waals surface area contributed by atoms with Gasteiger partial charge < -0.3 is 30.1 Å². The number of nitrogens with one attached hydrogen (secondary N) is 3. The summed E-state index contributed by atoms with van der Waals surface area (Å²) < 4.78 is 38.8. The third kappa shape index (κ3) is 7.53. The number of hydrogen-bond acceptors (Lipinski definition) is 10. The number of ether oxygens (including phenoxy) is 2. The predicted molar refractivity (Wildman–Crippen MR) is 176 cm³/mol. The SMILES string of the molecule is C=CC1CC1(NC(=O)[C@@H]1C[C@@H](Oc2nccc3cc(OC)ccc23)CN1C(=O)[C@H](CC(=O)/C(C)=C/C)NC(=O)O)C(=O)NS(=O)(=O)C1CC1. The van der Waals surface area contributed by atoms with E-state index in [1.165, 1.54) is 32.4 Å². The Morgan fingerprint density at radius 1 is 1.20 bits per heavy atom. The van der Waals surface area contributed by atoms with Crippen molar-refractivity contribution in [1.29, 1.82) is 0 Å². The van der Waals surface area contributed by atoms with Gasteiger partial charge >= 0.3 is 6.09 Å². The molecule has 16 heteroatoms. The molecule has 5 atom stereocenters. The van der Waals surface area contributed by atoms with E-state index in [0.29, 0.717) is 29.6 Å². The predicted octanol–water partition coefficient (Wildman–Crippen LogP) is 1.82. The Hall–Kier alpha value is -4.99. The number of amides is 4. The molecule has 1 aromatic heterocycles. The van der Waals surface area contributed by atoms with Crippen LogP contribution in [-0.4, -0.2) is 95.6 Å². The second kappa shape index (κ2) is 13.9. The average Bonchev–Trinajstić information content (AvgIpc) is 4.00. The van der Waals surface area contributed by atoms with Gasteiger partial charge in [-0.25, -0.2) is 18.2 Å². The normalized spacial score (nSPS) is 24.0. The molecule has 5 rings (SSSR count). The van der Waals surface area contributed by atoms with Crippen molar-refractivity contribution in [2.45, 2.75) is 74.9 Å². The molecular weight excluding hydrogens is 658 g/mol. The second-order valence-corrected chi connectivity index (χ2v) is 14.4. The first-order chi connectivity index (χ1) is 23.2. The van der Waals surface area contributed by atoms with Crippen molar-refractivity contribution in [3.63, 3.8) is 0 Å². The lowest BCUT2D eigenvalue weighted by Crippen LogP contribution is -2.58. The van der Waals surface area contributed by atoms with Crippen molar-refractivity contribution in [3.8, 4) is 11.6 Å². The van der Waals surface area contributed by atoms with Gasteiger partial charge in [0, 0.05) is 30.3 Å². The minimum atomic E-state index is -3.93. The third-order valence-electron chi connectivity index (χ3n) is 9.17. The molecule has 3 fully saturated rings. The molecule has 1 aromatic carbocycles. The molecule has 0 spiro atoms. The van der Waals surface area contributed by atoms with Crippen LogP contribution < -0.4 is 24.8 Å². The number of pyridine rings is 1. The number of carbonyl (C=O) groups excluding carboxylic acids is 4. The number of allylic oxidation sites excluding steroid dienone is 2. The van der Waals surface area contributed by atoms with Crippen LogP contribution in [0.5, 0.6) is 11.6 Å². The number of methoxy groups -OCH3 is 1. The van der Waals surface area contributed by atoms with Gasteiger partial charge in [0.25, 0.3) is 5.91 Å². The Kier molecular flexibility index (Phi) is 9.99. The molecule has 3 aliphatic rings. The number of nitrogens with zero attached hydrogens (tertiary/aromatic N) is 2. The summed E-state index contributed by atoms with van der Waals surface area (Å²) >= 11 is 0. The Labute approximate surface area is 283 Å². The molecule has 15 nitrogen and oxygen atoms in total. The van der Waals surface area contributed by atoms with Gasteiger partial charge in [-0.15, -0.1) is 6.58 Å². The van der Waals surface area contributed by atoms with Gasteiger partial charge in [0.1, 0.15) is 29.5 Å². The first-order valence-corrected chi connectivity index (χ1v) is 17.3. The highest BCUT2D eigenvalue weighted by Crippen LogP contribution is 2.45. The number of sulfonamides is 1. The van der Waals surface area contributed by atoms with Gasteiger partial charge in [0.2, 0.25) is 27.7 Å². The summed E-state index contributed by atoms with van der Waals surface area (Å²) in [6.45, 7) is 6.68. The maximum absolute atomic E-state index is 14.0. The Morgan fingerprint density at radius 3 is 2.55 bits per heavy atom. The first-order valence-electron chi connectivity index (χ1n) is 15.8. The molecule has 1 saturated heterocycles. The molecule has 2 aromatic rings. The van der Waals surface area contributed by atoms with E-state index in [1.54, 1.807) is 31.2 Å². The Balaban J connectivity index is 1.44. The van der Waals surface area contributed by atoms with Crippen LogP contribution in [0.2, 0.25) is 0 Å². The van der Waals surface area contributed by atoms with E-state index < -0.39 is 80.9 Å². The summed E-state index contributed by atoms with van der Waals surface area (Å²) in [7, 11) is -2.40. The van der Waals surface area contributed by atoms with E-state index >= 15 is 0 Å². The summed E-state index contributed by atoms with van der Waals surface area (Å²) in [6, 6.07) is 4.19. The molecule has 4 amide bonds. The maximum Gasteiger partial charge on any atom is 0.405 e. The zero-order valence-corrected chi connectivity index (χ0v) is 28.1. The average molecular weight is 698 g/mol. The minimum absolute atomic E-state index is 0.0819. The van der Waals surface area contributed by atoms with Gasteiger partial charge in [-0.2, -0.15) is 0 Å². The third-order valence-corrected chi connectivity index (χ3v) is 11.0. The van der Waals surface area contributed by atoms with Crippen molar-refractivity contribution in [1.82, 2.24) is 25.2 Å². The number of hydrogen-bond donors (Lipinski definition) is 4. The fourth-order valence-corrected chi connectivity index (χ4v) is 7.32. The molecule has 49 heavy (non-hydrogen) atoms. The van der Waals surface area contributed by atoms with Crippen molar-refractivity contribution in [2.75, 3.05) is 13.7 Å². The standard InChI is InChI=1S/C33H39N5O10S/c1-5-18(3)27(39)15-25(35-32(43)44)30(41)38-17-22(48-29-24-10-7-21(47-4)13-19(24)11-12-34-29)14-26(38)28(40)36-33(16-20(33)6-2)31(42)37-49(45,46)23-8-9-23/h5-7,10-13,20,22-23,25-26,35H,2,8-9,14-17H2,1,3-4H3,(H,36,40)(H,37,42)(H,43,44)/b18-5+/t20?,22-,25+,26+,33?/m1/s1. The molecule has 0 bridgehead atoms. The molecule has 4 N–H and O–H groups in total. The topological polar surface area (TPSA) is 210 Å². The van der Waals surface area contributed by atoms with Gasteiger partial charge in [0.05, 0.1) is 18.9 Å². The largest absolute Gasteiger partial charge is 0.497 e. The van der Waals surface area contributed by atoms with Crippen LogP contribution in [0, 0.1) is 5.92 Å². The monoisotopic (exact) mass is 697 g/mol. The summed E-state index contributed by atoms with van der Waals surface area (Å²) in [5, 5.41) is 15.0. The molecule has 262 valence electrons. The molecule has 2 saturated carbocycles. The molecular formula is C33H39N5O10S. The summed E-state index contributed by atoms with van der Waals surface area (Å²) in [5.41, 5.74) is -1.30. The number of fused-ring (bicyclic) bond motifs is 1. The minimum Gasteiger partial charge on any atom is -0.497 e. The number of likely N-dealkylation sites (tertiary alicyclic amines) is 1. The number of benzene rings is 1. The van der Waals surface area contributed by atoms with E-state index in [1.807, 2.05) is 0 Å². The Morgan fingerprint density at radius 2 is 1.94 bits per heavy atom. The fraction of sp³-hybridized carbons (Fsp3) is 0.455. The van der Waals surface area contributed by atoms with Crippen LogP contribution in [0.15, 0.2) is 54.8 Å². The zero-order valence-electron chi connectivity index (χ0n) is 27.3. The van der Waals surface area contributed by atoms with E-state index in [4.69, 9.17) is 9.47 Å². The Bertz CT molecular complexity index is 1840. The van der Waals surface area contributed by atoms with Crippen molar-refractivity contribution >= 4 is 50.4 Å². The van der Waals surface area contributed by atoms with E-state index in [-0.39, 0.29) is 25.3 Å². The highest BCUT2D eigenvalue weighted by Gasteiger charge is 2.62. The van der Waals surface area contributed by atoms with Gasteiger partial charge in [-0.05, 0) is 68.3 Å². The number of carbonyl (C=O) groups is 5. The number of rotatable bonds is 14. The summed E-state index contributed by atoms with van der Waals surface area (Å²) in [5.74, 6) is -2.78. The van der Waals surface area contributed by atoms with Crippen molar-refractivity contribution in [2.24, 2.45) is 5.92 Å². The van der Waals surface area contributed by atoms with Crippen LogP contribution >= 0.6 is 0 Å². The molecule has 0 radical (unpaired) electrons. The van der Waals surface area contributed by atoms with Crippen molar-refractivity contribution < 1.29 is 47.0 Å². The van der Waals surface area contributed by atoms with E-state index in [0.717, 1.165) is 10.3 Å². The van der Waals surface area contributed by atoms with Crippen LogP contribution in [0.4, 0.5) is 4.79 Å². The van der Waals surface area contributed by atoms with Crippen LogP contribution in [-0.2, 0) is 29.2 Å². The zero-order chi connectivity index (χ0) is 35.7. The summed E-state index contributed by atoms with van der Waals surface area (Å²) in [6.07, 6.45) is 2.46. The highest BCUT2D eigenvalue weighted by atomic mass is 32.2. The summed E-state index contributed by atoms with van der Waals surface area (Å²) in [4.78, 5) is 71.3. The number of carboxylic acid groups (broad SMARTS) is 1. The number of ketones is 1. The van der Waals surface area contributed by atoms with Gasteiger partial charge in [-0.1, -0.05) is 12.2 Å². The van der Waals surface area contributed by atoms with Crippen LogP contribution in [0.3, 0.4) is 0 Å². The number of aromatic nitrogens is 1. The fourth-order valence-electron chi connectivity index (χ4n) is 5.96. The smallest absolute Gasteiger partial charge is 0.405 e. The second-order valence-electron chi connectivity index (χ2n) is 12.5. The quantitative estimate of drug-likeness (QED) is 0.165. The van der Waals surface area contributed by atoms with Crippen LogP contribution in [0.25, 0.3) is 10.8 Å². The lowest BCUT2D eigenvalue weighted by molar-refractivity contribution is -0.141. The van der Waals surface area contributed by atoms with Crippen LogP contribution in [0.1, 0.15) is 46.0 Å². The first kappa shape index (κ1) is 35.3. The molecule has 2 aliphatic carbocycles. The van der Waals surface area contributed by atoms with Crippen molar-refractivity contribution in [3.05, 3.63) is 54.8 Å². The lowest BCUT2D eigenvalue weighted by Gasteiger charge is -2.29. The highest BCUT2D eigenvalue weighted by molar-refractivity contribution is 7.91. The van der Waals surface area contributed by atoms with Gasteiger partial charge in [0.15, 0.2) is 5.78 Å². The number of Topliss-reactive ketones (excluding diaryl/α,β-unsaturated/α-hetero) is 1. The maximum atomic E-state index is 14.0. The van der Waals surface area contributed by atoms with E-state index in [2.05, 4.69) is 26.9 Å². The molecule has 1 aliphatic heterocycles.